The van der Waals surface area contributed by atoms with Crippen LogP contribution in [-0.4, -0.2) is 93.0 Å². The molecule has 0 radical (unpaired) electrons. The highest BCUT2D eigenvalue weighted by molar-refractivity contribution is 5.88. The molecule has 0 aliphatic heterocycles. The molecule has 0 saturated heterocycles. The van der Waals surface area contributed by atoms with Crippen LogP contribution in [0.3, 0.4) is 0 Å². The maximum atomic E-state index is 14.1. The molecule has 1 aromatic heterocycles. The molecule has 0 aliphatic carbocycles. The molecule has 4 N–H and O–H groups in total. The molecule has 0 saturated carbocycles. The molecular weight excluding hydrogens is 489 g/mol. The summed E-state index contributed by atoms with van der Waals surface area (Å²) in [6, 6.07) is 10.8. The fourth-order valence-electron chi connectivity index (χ4n) is 3.30. The highest BCUT2D eigenvalue weighted by Gasteiger charge is 2.40. The molecule has 11 nitrogen and oxygen atoms in total. The smallest absolute Gasteiger partial charge is 0.336 e. The Labute approximate surface area is 214 Å². The molecule has 0 amide bonds. The molecule has 0 atom stereocenters. The predicted octanol–water partition coefficient (Wildman–Crippen LogP) is 1.93. The van der Waals surface area contributed by atoms with Gasteiger partial charge >= 0.3 is 17.9 Å². The largest absolute Gasteiger partial charge is 0.497 e. The number of aromatic nitrogens is 1. The Morgan fingerprint density at radius 1 is 1.00 bits per heavy atom. The number of carbonyl (C=O) groups is 3. The van der Waals surface area contributed by atoms with Gasteiger partial charge in [-0.1, -0.05) is 6.07 Å². The van der Waals surface area contributed by atoms with E-state index in [-0.39, 0.29) is 5.82 Å². The molecule has 12 heteroatoms. The van der Waals surface area contributed by atoms with E-state index < -0.39 is 36.4 Å². The number of ether oxygens (including phenoxy) is 1. The lowest BCUT2D eigenvalue weighted by Gasteiger charge is -2.23. The third-order valence-corrected chi connectivity index (χ3v) is 5.12. The van der Waals surface area contributed by atoms with Crippen molar-refractivity contribution >= 4 is 17.9 Å². The average Bonchev–Trinajstić information content (AvgIpc) is 2.80. The molecule has 0 fully saturated rings. The number of aliphatic hydroxyl groups is 1. The Balaban J connectivity index is 0.000000448. The van der Waals surface area contributed by atoms with E-state index in [0.29, 0.717) is 24.4 Å². The summed E-state index contributed by atoms with van der Waals surface area (Å²) in [6.45, 7) is 3.11. The maximum absolute atomic E-state index is 14.1. The Hall–Kier alpha value is -3.61. The molecule has 0 unspecified atom stereocenters. The van der Waals surface area contributed by atoms with Crippen LogP contribution in [0.25, 0.3) is 0 Å². The van der Waals surface area contributed by atoms with Crippen molar-refractivity contribution in [1.29, 1.82) is 0 Å². The van der Waals surface area contributed by atoms with E-state index in [2.05, 4.69) is 28.9 Å². The third-order valence-electron chi connectivity index (χ3n) is 5.12. The standard InChI is InChI=1S/C19H26FN3O.C6H8O7/c1-22(2)11-6-12-23(15-17-7-4-5-10-21-17)14-16-13-18(24-3)8-9-19(16)20;7-3(8)1-6(13,5(11)12)2-4(9)10/h4-5,7-10,13H,6,11-12,14-15H2,1-3H3;13H,1-2H2,(H,7,8)(H,9,10)(H,11,12). The van der Waals surface area contributed by atoms with E-state index in [0.717, 1.165) is 25.2 Å². The number of benzene rings is 1. The van der Waals surface area contributed by atoms with Crippen LogP contribution in [0, 0.1) is 5.82 Å². The molecular formula is C25H34FN3O8. The second-order valence-corrected chi connectivity index (χ2v) is 8.62. The summed E-state index contributed by atoms with van der Waals surface area (Å²) in [6.07, 6.45) is 0.522. The number of aliphatic carboxylic acids is 3. The van der Waals surface area contributed by atoms with Gasteiger partial charge in [0.05, 0.1) is 25.6 Å². The summed E-state index contributed by atoms with van der Waals surface area (Å²) < 4.78 is 19.4. The van der Waals surface area contributed by atoms with E-state index >= 15 is 0 Å². The van der Waals surface area contributed by atoms with Gasteiger partial charge in [0.1, 0.15) is 11.6 Å². The van der Waals surface area contributed by atoms with E-state index in [1.165, 1.54) is 6.07 Å². The topological polar surface area (TPSA) is 161 Å². The van der Waals surface area contributed by atoms with Crippen molar-refractivity contribution in [3.8, 4) is 5.75 Å². The van der Waals surface area contributed by atoms with E-state index in [1.54, 1.807) is 25.4 Å². The van der Waals surface area contributed by atoms with Crippen LogP contribution in [0.4, 0.5) is 4.39 Å². The molecule has 1 aromatic carbocycles. The first-order valence-electron chi connectivity index (χ1n) is 11.3. The Bertz CT molecular complexity index is 1000. The molecule has 37 heavy (non-hydrogen) atoms. The molecule has 204 valence electrons. The van der Waals surface area contributed by atoms with Gasteiger partial charge in [0, 0.05) is 31.4 Å². The Morgan fingerprint density at radius 2 is 1.65 bits per heavy atom. The number of nitrogens with zero attached hydrogens (tertiary/aromatic N) is 3. The molecule has 2 rings (SSSR count). The lowest BCUT2D eigenvalue weighted by atomic mass is 9.96. The summed E-state index contributed by atoms with van der Waals surface area (Å²) >= 11 is 0. The van der Waals surface area contributed by atoms with Crippen LogP contribution in [-0.2, 0) is 27.5 Å². The fourth-order valence-corrected chi connectivity index (χ4v) is 3.30. The van der Waals surface area contributed by atoms with Crippen LogP contribution in [0.1, 0.15) is 30.5 Å². The quantitative estimate of drug-likeness (QED) is 0.286. The van der Waals surface area contributed by atoms with E-state index in [1.807, 2.05) is 18.2 Å². The predicted molar refractivity (Wildman–Crippen MR) is 132 cm³/mol. The normalized spacial score (nSPS) is 11.1. The van der Waals surface area contributed by atoms with Crippen LogP contribution >= 0.6 is 0 Å². The lowest BCUT2D eigenvalue weighted by molar-refractivity contribution is -0.170. The highest BCUT2D eigenvalue weighted by atomic mass is 19.1. The number of hydrogen-bond acceptors (Lipinski definition) is 8. The Kier molecular flexibility index (Phi) is 13.2. The molecule has 0 bridgehead atoms. The van der Waals surface area contributed by atoms with E-state index in [4.69, 9.17) is 25.2 Å². The second kappa shape index (κ2) is 15.5. The highest BCUT2D eigenvalue weighted by Crippen LogP contribution is 2.19. The minimum atomic E-state index is -2.74. The number of carboxylic acid groups (broad SMARTS) is 3. The van der Waals surface area contributed by atoms with Crippen molar-refractivity contribution < 1.29 is 43.9 Å². The van der Waals surface area contributed by atoms with Crippen LogP contribution in [0.15, 0.2) is 42.6 Å². The summed E-state index contributed by atoms with van der Waals surface area (Å²) in [5.74, 6) is -4.54. The molecule has 2 aromatic rings. The lowest BCUT2D eigenvalue weighted by Crippen LogP contribution is -2.42. The van der Waals surface area contributed by atoms with Crippen LogP contribution in [0.5, 0.6) is 5.75 Å². The molecule has 0 spiro atoms. The van der Waals surface area contributed by atoms with Crippen molar-refractivity contribution in [1.82, 2.24) is 14.8 Å². The van der Waals surface area contributed by atoms with Crippen molar-refractivity contribution in [2.45, 2.75) is 38.0 Å². The van der Waals surface area contributed by atoms with Gasteiger partial charge in [-0.05, 0) is 57.4 Å². The summed E-state index contributed by atoms with van der Waals surface area (Å²) in [7, 11) is 5.72. The third kappa shape index (κ3) is 12.3. The zero-order valence-corrected chi connectivity index (χ0v) is 21.1. The first-order chi connectivity index (χ1) is 17.4. The van der Waals surface area contributed by atoms with Crippen molar-refractivity contribution in [2.24, 2.45) is 0 Å². The zero-order chi connectivity index (χ0) is 28.0. The minimum absolute atomic E-state index is 0.200. The number of rotatable bonds is 14. The average molecular weight is 524 g/mol. The second-order valence-electron chi connectivity index (χ2n) is 8.62. The van der Waals surface area contributed by atoms with Crippen LogP contribution in [0.2, 0.25) is 0 Å². The van der Waals surface area contributed by atoms with Gasteiger partial charge in [-0.15, -0.1) is 0 Å². The first-order valence-corrected chi connectivity index (χ1v) is 11.3. The van der Waals surface area contributed by atoms with Gasteiger partial charge in [-0.2, -0.15) is 0 Å². The van der Waals surface area contributed by atoms with Gasteiger partial charge in [-0.25, -0.2) is 9.18 Å². The summed E-state index contributed by atoms with van der Waals surface area (Å²) in [5, 5.41) is 33.8. The van der Waals surface area contributed by atoms with E-state index in [9.17, 15) is 18.8 Å². The van der Waals surface area contributed by atoms with Crippen molar-refractivity contribution in [3.63, 3.8) is 0 Å². The number of methoxy groups -OCH3 is 1. The zero-order valence-electron chi connectivity index (χ0n) is 21.1. The maximum Gasteiger partial charge on any atom is 0.336 e. The number of pyridine rings is 1. The van der Waals surface area contributed by atoms with Crippen molar-refractivity contribution in [2.75, 3.05) is 34.3 Å². The van der Waals surface area contributed by atoms with Gasteiger partial charge in [0.15, 0.2) is 5.60 Å². The van der Waals surface area contributed by atoms with Gasteiger partial charge < -0.3 is 30.1 Å². The van der Waals surface area contributed by atoms with Gasteiger partial charge in [0.25, 0.3) is 0 Å². The van der Waals surface area contributed by atoms with Gasteiger partial charge in [0.2, 0.25) is 0 Å². The summed E-state index contributed by atoms with van der Waals surface area (Å²) in [4.78, 5) is 39.3. The van der Waals surface area contributed by atoms with Crippen molar-refractivity contribution in [3.05, 3.63) is 59.7 Å². The Morgan fingerprint density at radius 3 is 2.14 bits per heavy atom. The molecule has 1 heterocycles. The SMILES string of the molecule is COc1ccc(F)c(CN(CCCN(C)C)Cc2ccccn2)c1.O=C(O)CC(O)(CC(=O)O)C(=O)O. The molecule has 0 aliphatic rings. The first kappa shape index (κ1) is 31.4. The van der Waals surface area contributed by atoms with Crippen LogP contribution < -0.4 is 4.74 Å². The number of hydrogen-bond donors (Lipinski definition) is 4. The summed E-state index contributed by atoms with van der Waals surface area (Å²) in [5.41, 5.74) is -1.10. The number of carboxylic acids is 3. The van der Waals surface area contributed by atoms with Gasteiger partial charge in [-0.3, -0.25) is 19.5 Å². The minimum Gasteiger partial charge on any atom is -0.497 e. The fraction of sp³-hybridized carbons (Fsp3) is 0.440. The monoisotopic (exact) mass is 523 g/mol. The number of halogens is 1.